The number of aliphatic hydroxyl groups is 1. The van der Waals surface area contributed by atoms with Crippen LogP contribution in [-0.4, -0.2) is 41.4 Å². The standard InChI is InChI=1S/C9H16FNO/c10-3-4-11-7-1-2-8(11)6-9(12)5-7/h7-9,12H,1-6H2. The number of aliphatic hydroxyl groups excluding tert-OH is 1. The quantitative estimate of drug-likeness (QED) is 0.672. The number of piperidine rings is 1. The molecule has 2 aliphatic rings. The second-order valence-corrected chi connectivity index (χ2v) is 3.94. The monoisotopic (exact) mass is 173 g/mol. The highest BCUT2D eigenvalue weighted by molar-refractivity contribution is 4.94. The predicted molar refractivity (Wildman–Crippen MR) is 44.7 cm³/mol. The summed E-state index contributed by atoms with van der Waals surface area (Å²) in [5, 5.41) is 9.46. The lowest BCUT2D eigenvalue weighted by molar-refractivity contribution is 0.0325. The molecule has 2 unspecified atom stereocenters. The van der Waals surface area contributed by atoms with E-state index in [0.717, 1.165) is 25.7 Å². The Hall–Kier alpha value is -0.150. The van der Waals surface area contributed by atoms with Crippen molar-refractivity contribution >= 4 is 0 Å². The normalized spacial score (nSPS) is 42.0. The summed E-state index contributed by atoms with van der Waals surface area (Å²) < 4.78 is 12.1. The molecular weight excluding hydrogens is 157 g/mol. The Labute approximate surface area is 72.4 Å². The number of hydrogen-bond acceptors (Lipinski definition) is 2. The predicted octanol–water partition coefficient (Wildman–Crippen LogP) is 0.944. The van der Waals surface area contributed by atoms with Crippen LogP contribution in [0, 0.1) is 0 Å². The highest BCUT2D eigenvalue weighted by Crippen LogP contribution is 2.35. The van der Waals surface area contributed by atoms with Gasteiger partial charge in [0.2, 0.25) is 0 Å². The fourth-order valence-corrected chi connectivity index (χ4v) is 2.71. The van der Waals surface area contributed by atoms with E-state index in [2.05, 4.69) is 4.90 Å². The molecule has 12 heavy (non-hydrogen) atoms. The van der Waals surface area contributed by atoms with Crippen molar-refractivity contribution in [2.24, 2.45) is 0 Å². The van der Waals surface area contributed by atoms with E-state index < -0.39 is 0 Å². The fraction of sp³-hybridized carbons (Fsp3) is 1.00. The van der Waals surface area contributed by atoms with E-state index in [1.807, 2.05) is 0 Å². The summed E-state index contributed by atoms with van der Waals surface area (Å²) in [6.07, 6.45) is 3.90. The van der Waals surface area contributed by atoms with E-state index in [1.54, 1.807) is 0 Å². The number of fused-ring (bicyclic) bond motifs is 2. The van der Waals surface area contributed by atoms with Crippen LogP contribution in [0.5, 0.6) is 0 Å². The molecule has 2 heterocycles. The minimum absolute atomic E-state index is 0.127. The Morgan fingerprint density at radius 3 is 2.33 bits per heavy atom. The molecule has 2 bridgehead atoms. The van der Waals surface area contributed by atoms with Gasteiger partial charge in [0.25, 0.3) is 0 Å². The van der Waals surface area contributed by atoms with Crippen LogP contribution >= 0.6 is 0 Å². The molecular formula is C9H16FNO. The average molecular weight is 173 g/mol. The average Bonchev–Trinajstić information content (AvgIpc) is 2.32. The van der Waals surface area contributed by atoms with Gasteiger partial charge in [-0.1, -0.05) is 0 Å². The molecule has 2 atom stereocenters. The molecule has 0 aromatic rings. The zero-order valence-corrected chi connectivity index (χ0v) is 7.25. The summed E-state index contributed by atoms with van der Waals surface area (Å²) in [4.78, 5) is 2.24. The second-order valence-electron chi connectivity index (χ2n) is 3.94. The van der Waals surface area contributed by atoms with Crippen LogP contribution < -0.4 is 0 Å². The molecule has 2 nitrogen and oxygen atoms in total. The molecule has 0 amide bonds. The Morgan fingerprint density at radius 1 is 1.25 bits per heavy atom. The molecule has 0 aliphatic carbocycles. The number of rotatable bonds is 2. The third-order valence-corrected chi connectivity index (χ3v) is 3.20. The second kappa shape index (κ2) is 3.30. The van der Waals surface area contributed by atoms with Crippen LogP contribution in [0.3, 0.4) is 0 Å². The van der Waals surface area contributed by atoms with Crippen molar-refractivity contribution in [3.05, 3.63) is 0 Å². The molecule has 2 aliphatic heterocycles. The largest absolute Gasteiger partial charge is 0.393 e. The Balaban J connectivity index is 1.99. The number of nitrogens with zero attached hydrogens (tertiary/aromatic N) is 1. The number of alkyl halides is 1. The van der Waals surface area contributed by atoms with Gasteiger partial charge in [-0.15, -0.1) is 0 Å². The van der Waals surface area contributed by atoms with Crippen LogP contribution in [0.1, 0.15) is 25.7 Å². The molecule has 1 N–H and O–H groups in total. The number of halogens is 1. The van der Waals surface area contributed by atoms with Crippen molar-refractivity contribution in [1.82, 2.24) is 4.90 Å². The van der Waals surface area contributed by atoms with Crippen molar-refractivity contribution in [2.45, 2.75) is 43.9 Å². The highest BCUT2D eigenvalue weighted by atomic mass is 19.1. The summed E-state index contributed by atoms with van der Waals surface area (Å²) in [6.45, 7) is 0.325. The topological polar surface area (TPSA) is 23.5 Å². The van der Waals surface area contributed by atoms with Crippen LogP contribution in [0.15, 0.2) is 0 Å². The summed E-state index contributed by atoms with van der Waals surface area (Å²) in [6, 6.07) is 0.934. The van der Waals surface area contributed by atoms with Crippen LogP contribution in [0.4, 0.5) is 4.39 Å². The molecule has 0 aromatic heterocycles. The SMILES string of the molecule is OC1CC2CCC(C1)N2CCF. The molecule has 2 rings (SSSR count). The van der Waals surface area contributed by atoms with Gasteiger partial charge >= 0.3 is 0 Å². The van der Waals surface area contributed by atoms with Gasteiger partial charge in [0.1, 0.15) is 6.67 Å². The zero-order chi connectivity index (χ0) is 8.55. The summed E-state index contributed by atoms with van der Waals surface area (Å²) in [7, 11) is 0. The molecule has 0 spiro atoms. The summed E-state index contributed by atoms with van der Waals surface area (Å²) >= 11 is 0. The van der Waals surface area contributed by atoms with E-state index in [-0.39, 0.29) is 12.8 Å². The van der Waals surface area contributed by atoms with E-state index in [9.17, 15) is 9.50 Å². The Bertz CT molecular complexity index is 151. The van der Waals surface area contributed by atoms with Crippen molar-refractivity contribution < 1.29 is 9.50 Å². The summed E-state index contributed by atoms with van der Waals surface area (Å²) in [5.41, 5.74) is 0. The first kappa shape index (κ1) is 8.45. The lowest BCUT2D eigenvalue weighted by Crippen LogP contribution is -2.45. The minimum Gasteiger partial charge on any atom is -0.393 e. The van der Waals surface area contributed by atoms with E-state index in [1.165, 1.54) is 0 Å². The maximum Gasteiger partial charge on any atom is 0.102 e. The molecule has 3 heteroatoms. The lowest BCUT2D eigenvalue weighted by Gasteiger charge is -2.36. The smallest absolute Gasteiger partial charge is 0.102 e. The van der Waals surface area contributed by atoms with Gasteiger partial charge in [-0.3, -0.25) is 4.90 Å². The third-order valence-electron chi connectivity index (χ3n) is 3.20. The maximum atomic E-state index is 12.1. The first-order valence-electron chi connectivity index (χ1n) is 4.81. The maximum absolute atomic E-state index is 12.1. The van der Waals surface area contributed by atoms with Crippen LogP contribution in [0.25, 0.3) is 0 Å². The molecule has 70 valence electrons. The minimum atomic E-state index is -0.247. The Morgan fingerprint density at radius 2 is 1.83 bits per heavy atom. The van der Waals surface area contributed by atoms with Gasteiger partial charge in [-0.25, -0.2) is 4.39 Å². The zero-order valence-electron chi connectivity index (χ0n) is 7.25. The van der Waals surface area contributed by atoms with Crippen molar-refractivity contribution in [1.29, 1.82) is 0 Å². The van der Waals surface area contributed by atoms with Crippen molar-refractivity contribution in [3.8, 4) is 0 Å². The van der Waals surface area contributed by atoms with Gasteiger partial charge in [0, 0.05) is 18.6 Å². The van der Waals surface area contributed by atoms with E-state index in [4.69, 9.17) is 0 Å². The van der Waals surface area contributed by atoms with E-state index >= 15 is 0 Å². The fourth-order valence-electron chi connectivity index (χ4n) is 2.71. The van der Waals surface area contributed by atoms with E-state index in [0.29, 0.717) is 18.6 Å². The van der Waals surface area contributed by atoms with Gasteiger partial charge in [-0.05, 0) is 25.7 Å². The van der Waals surface area contributed by atoms with Gasteiger partial charge in [0.05, 0.1) is 6.10 Å². The highest BCUT2D eigenvalue weighted by Gasteiger charge is 2.39. The molecule has 0 saturated carbocycles. The first-order chi connectivity index (χ1) is 5.81. The van der Waals surface area contributed by atoms with Crippen LogP contribution in [0.2, 0.25) is 0 Å². The van der Waals surface area contributed by atoms with Crippen molar-refractivity contribution in [2.75, 3.05) is 13.2 Å². The molecule has 0 aromatic carbocycles. The lowest BCUT2D eigenvalue weighted by atomic mass is 10.0. The third kappa shape index (κ3) is 1.36. The molecule has 2 saturated heterocycles. The first-order valence-corrected chi connectivity index (χ1v) is 4.81. The molecule has 2 fully saturated rings. The number of hydrogen-bond donors (Lipinski definition) is 1. The van der Waals surface area contributed by atoms with Crippen LogP contribution in [-0.2, 0) is 0 Å². The Kier molecular flexibility index (Phi) is 2.33. The molecule has 0 radical (unpaired) electrons. The van der Waals surface area contributed by atoms with Gasteiger partial charge < -0.3 is 5.11 Å². The van der Waals surface area contributed by atoms with Gasteiger partial charge in [-0.2, -0.15) is 0 Å². The van der Waals surface area contributed by atoms with Crippen molar-refractivity contribution in [3.63, 3.8) is 0 Å². The summed E-state index contributed by atoms with van der Waals surface area (Å²) in [5.74, 6) is 0. The van der Waals surface area contributed by atoms with Gasteiger partial charge in [0.15, 0.2) is 0 Å².